The van der Waals surface area contributed by atoms with Gasteiger partial charge < -0.3 is 14.2 Å². The number of nitrogens with one attached hydrogen (secondary N) is 3. The largest absolute Gasteiger partial charge is 0.489 e. The predicted molar refractivity (Wildman–Crippen MR) is 100 cm³/mol. The number of aryl methyl sites for hydroxylation is 2. The number of aromatic nitrogens is 2. The zero-order valence-electron chi connectivity index (χ0n) is 14.6. The highest BCUT2D eigenvalue weighted by Crippen LogP contribution is 2.18. The Morgan fingerprint density at radius 1 is 1.22 bits per heavy atom. The molecule has 2 amide bonds. The lowest BCUT2D eigenvalue weighted by Crippen LogP contribution is -2.41. The lowest BCUT2D eigenvalue weighted by Gasteiger charge is -2.09. The van der Waals surface area contributed by atoms with Gasteiger partial charge in [-0.1, -0.05) is 11.2 Å². The summed E-state index contributed by atoms with van der Waals surface area (Å²) >= 11 is 3.24. The SMILES string of the molecule is Cc1noc(C)c1COc1cccc(C(=O)NNC(=O)c2cc(Br)c[nH]2)c1. The summed E-state index contributed by atoms with van der Waals surface area (Å²) in [5.41, 5.74) is 7.01. The van der Waals surface area contributed by atoms with E-state index in [-0.39, 0.29) is 6.61 Å². The number of aromatic amines is 1. The van der Waals surface area contributed by atoms with Crippen molar-refractivity contribution in [1.82, 2.24) is 21.0 Å². The fourth-order valence-corrected chi connectivity index (χ4v) is 2.69. The molecule has 2 heterocycles. The van der Waals surface area contributed by atoms with Crippen LogP contribution in [0.3, 0.4) is 0 Å². The van der Waals surface area contributed by atoms with Crippen molar-refractivity contribution in [3.63, 3.8) is 0 Å². The van der Waals surface area contributed by atoms with Crippen LogP contribution in [-0.2, 0) is 6.61 Å². The minimum atomic E-state index is -0.461. The van der Waals surface area contributed by atoms with Crippen LogP contribution < -0.4 is 15.6 Å². The number of benzene rings is 1. The quantitative estimate of drug-likeness (QED) is 0.536. The van der Waals surface area contributed by atoms with E-state index in [0.29, 0.717) is 22.8 Å². The molecule has 0 spiro atoms. The Hall–Kier alpha value is -3.07. The van der Waals surface area contributed by atoms with Crippen molar-refractivity contribution in [1.29, 1.82) is 0 Å². The molecule has 140 valence electrons. The van der Waals surface area contributed by atoms with Crippen LogP contribution in [0.5, 0.6) is 5.75 Å². The van der Waals surface area contributed by atoms with E-state index in [1.54, 1.807) is 36.5 Å². The molecule has 3 N–H and O–H groups in total. The maximum absolute atomic E-state index is 12.3. The van der Waals surface area contributed by atoms with E-state index in [1.165, 1.54) is 0 Å². The molecule has 0 atom stereocenters. The van der Waals surface area contributed by atoms with Gasteiger partial charge in [-0.3, -0.25) is 20.4 Å². The normalized spacial score (nSPS) is 10.5. The van der Waals surface area contributed by atoms with Crippen LogP contribution in [0.25, 0.3) is 0 Å². The number of hydrogen-bond donors (Lipinski definition) is 3. The molecule has 0 radical (unpaired) electrons. The first-order valence-corrected chi connectivity index (χ1v) is 8.82. The maximum Gasteiger partial charge on any atom is 0.286 e. The molecule has 2 aromatic heterocycles. The Bertz CT molecular complexity index is 960. The maximum atomic E-state index is 12.3. The fourth-order valence-electron chi connectivity index (χ4n) is 2.34. The van der Waals surface area contributed by atoms with Crippen molar-refractivity contribution < 1.29 is 18.8 Å². The van der Waals surface area contributed by atoms with Crippen molar-refractivity contribution in [2.75, 3.05) is 0 Å². The minimum Gasteiger partial charge on any atom is -0.489 e. The van der Waals surface area contributed by atoms with E-state index < -0.39 is 11.8 Å². The zero-order valence-corrected chi connectivity index (χ0v) is 16.2. The average molecular weight is 433 g/mol. The molecule has 0 aliphatic carbocycles. The fraction of sp³-hybridized carbons (Fsp3) is 0.167. The van der Waals surface area contributed by atoms with Crippen LogP contribution in [0, 0.1) is 13.8 Å². The Labute approximate surface area is 163 Å². The van der Waals surface area contributed by atoms with Gasteiger partial charge in [0.1, 0.15) is 23.8 Å². The topological polar surface area (TPSA) is 109 Å². The first kappa shape index (κ1) is 18.7. The molecule has 0 unspecified atom stereocenters. The van der Waals surface area contributed by atoms with Gasteiger partial charge in [0.2, 0.25) is 0 Å². The number of hydrazine groups is 1. The number of H-pyrrole nitrogens is 1. The third-order valence-corrected chi connectivity index (χ3v) is 4.30. The van der Waals surface area contributed by atoms with Crippen molar-refractivity contribution in [3.8, 4) is 5.75 Å². The second-order valence-electron chi connectivity index (χ2n) is 5.76. The van der Waals surface area contributed by atoms with E-state index in [1.807, 2.05) is 13.8 Å². The Morgan fingerprint density at radius 3 is 2.67 bits per heavy atom. The Balaban J connectivity index is 1.59. The second-order valence-corrected chi connectivity index (χ2v) is 6.67. The highest BCUT2D eigenvalue weighted by atomic mass is 79.9. The highest BCUT2D eigenvalue weighted by molar-refractivity contribution is 9.10. The van der Waals surface area contributed by atoms with Gasteiger partial charge in [-0.25, -0.2) is 0 Å². The summed E-state index contributed by atoms with van der Waals surface area (Å²) in [6, 6.07) is 8.25. The van der Waals surface area contributed by atoms with Crippen molar-refractivity contribution in [3.05, 3.63) is 69.3 Å². The number of carbonyl (C=O) groups is 2. The number of amides is 2. The highest BCUT2D eigenvalue weighted by Gasteiger charge is 2.13. The van der Waals surface area contributed by atoms with E-state index in [4.69, 9.17) is 9.26 Å². The molecule has 1 aromatic carbocycles. The average Bonchev–Trinajstić information content (AvgIpc) is 3.23. The molecule has 0 fully saturated rings. The molecule has 8 nitrogen and oxygen atoms in total. The smallest absolute Gasteiger partial charge is 0.286 e. The number of hydrogen-bond acceptors (Lipinski definition) is 5. The molecule has 3 rings (SSSR count). The summed E-state index contributed by atoms with van der Waals surface area (Å²) < 4.78 is 11.6. The van der Waals surface area contributed by atoms with Crippen molar-refractivity contribution in [2.45, 2.75) is 20.5 Å². The number of halogens is 1. The zero-order chi connectivity index (χ0) is 19.4. The van der Waals surface area contributed by atoms with Crippen molar-refractivity contribution >= 4 is 27.7 Å². The van der Waals surface area contributed by atoms with E-state index >= 15 is 0 Å². The van der Waals surface area contributed by atoms with Gasteiger partial charge in [-0.2, -0.15) is 0 Å². The van der Waals surface area contributed by atoms with Crippen LogP contribution in [0.4, 0.5) is 0 Å². The van der Waals surface area contributed by atoms with E-state index in [9.17, 15) is 9.59 Å². The van der Waals surface area contributed by atoms with Crippen LogP contribution in [0.1, 0.15) is 37.9 Å². The van der Waals surface area contributed by atoms with Gasteiger partial charge in [0, 0.05) is 16.2 Å². The van der Waals surface area contributed by atoms with Crippen LogP contribution in [0.15, 0.2) is 45.5 Å². The third kappa shape index (κ3) is 4.56. The van der Waals surface area contributed by atoms with Crippen LogP contribution >= 0.6 is 15.9 Å². The molecule has 0 saturated carbocycles. The first-order chi connectivity index (χ1) is 12.9. The number of ether oxygens (including phenoxy) is 1. The minimum absolute atomic E-state index is 0.282. The predicted octanol–water partition coefficient (Wildman–Crippen LogP) is 3.04. The van der Waals surface area contributed by atoms with Crippen LogP contribution in [0.2, 0.25) is 0 Å². The summed E-state index contributed by atoms with van der Waals surface area (Å²) in [7, 11) is 0. The molecule has 0 aliphatic rings. The summed E-state index contributed by atoms with van der Waals surface area (Å²) in [5, 5.41) is 3.88. The van der Waals surface area contributed by atoms with Gasteiger partial charge in [-0.05, 0) is 54.0 Å². The standard InChI is InChI=1S/C18H17BrN4O4/c1-10-15(11(2)27-23-10)9-26-14-5-3-4-12(6-14)17(24)21-22-18(25)16-7-13(19)8-20-16/h3-8,20H,9H2,1-2H3,(H,21,24)(H,22,25). The molecule has 3 aromatic rings. The van der Waals surface area contributed by atoms with E-state index in [2.05, 4.69) is 36.9 Å². The lowest BCUT2D eigenvalue weighted by atomic mass is 10.2. The molecule has 0 aliphatic heterocycles. The first-order valence-electron chi connectivity index (χ1n) is 8.03. The number of rotatable bonds is 5. The van der Waals surface area contributed by atoms with Gasteiger partial charge in [-0.15, -0.1) is 0 Å². The van der Waals surface area contributed by atoms with Gasteiger partial charge in [0.15, 0.2) is 0 Å². The molecule has 0 bridgehead atoms. The molecule has 27 heavy (non-hydrogen) atoms. The van der Waals surface area contributed by atoms with Gasteiger partial charge in [0.05, 0.1) is 11.3 Å². The Kier molecular flexibility index (Phi) is 5.60. The summed E-state index contributed by atoms with van der Waals surface area (Å²) in [6.07, 6.45) is 1.62. The monoisotopic (exact) mass is 432 g/mol. The Morgan fingerprint density at radius 2 is 2.00 bits per heavy atom. The van der Waals surface area contributed by atoms with Gasteiger partial charge >= 0.3 is 0 Å². The summed E-state index contributed by atoms with van der Waals surface area (Å²) in [5.74, 6) is 0.291. The molecular formula is C18H17BrN4O4. The summed E-state index contributed by atoms with van der Waals surface area (Å²) in [4.78, 5) is 27.0. The third-order valence-electron chi connectivity index (χ3n) is 3.84. The summed E-state index contributed by atoms with van der Waals surface area (Å²) in [6.45, 7) is 3.93. The number of nitrogens with zero attached hydrogens (tertiary/aromatic N) is 1. The van der Waals surface area contributed by atoms with Gasteiger partial charge in [0.25, 0.3) is 11.8 Å². The molecule has 0 saturated heterocycles. The van der Waals surface area contributed by atoms with Crippen LogP contribution in [-0.4, -0.2) is 22.0 Å². The van der Waals surface area contributed by atoms with Crippen molar-refractivity contribution in [2.24, 2.45) is 0 Å². The second kappa shape index (κ2) is 8.09. The molecule has 9 heteroatoms. The van der Waals surface area contributed by atoms with E-state index in [0.717, 1.165) is 15.7 Å². The lowest BCUT2D eigenvalue weighted by molar-refractivity contribution is 0.0844. The molecular weight excluding hydrogens is 416 g/mol. The number of carbonyl (C=O) groups excluding carboxylic acids is 2.